The van der Waals surface area contributed by atoms with Crippen LogP contribution in [-0.2, 0) is 13.0 Å². The summed E-state index contributed by atoms with van der Waals surface area (Å²) in [6, 6.07) is 1.54. The molecule has 1 aliphatic rings. The molecule has 5 heteroatoms. The highest BCUT2D eigenvalue weighted by Gasteiger charge is 2.15. The Morgan fingerprint density at radius 3 is 3.14 bits per heavy atom. The number of halogens is 1. The van der Waals surface area contributed by atoms with Gasteiger partial charge in [-0.05, 0) is 24.6 Å². The molecule has 0 bridgehead atoms. The number of hydrogen-bond donors (Lipinski definition) is 0. The molecule has 1 aromatic heterocycles. The number of hydroxylamine groups is 2. The fourth-order valence-corrected chi connectivity index (χ4v) is 1.86. The maximum Gasteiger partial charge on any atom is 0.168 e. The number of carbonyl (C=O) groups excluding carboxylic acids is 1. The third kappa shape index (κ3) is 1.64. The van der Waals surface area contributed by atoms with Gasteiger partial charge in [-0.1, -0.05) is 11.6 Å². The number of rotatable bonds is 1. The minimum Gasteiger partial charge on any atom is -0.785 e. The minimum absolute atomic E-state index is 0.219. The van der Waals surface area contributed by atoms with Crippen LogP contribution >= 0.6 is 11.6 Å². The first-order chi connectivity index (χ1) is 6.70. The summed E-state index contributed by atoms with van der Waals surface area (Å²) >= 11 is 5.95. The molecule has 0 saturated carbocycles. The Hall–Kier alpha value is -0.970. The SMILES string of the molecule is O=Cc1cc(Cl)c2c(n1)CN([O-])CC2. The topological polar surface area (TPSA) is 56.3 Å². The number of aldehydes is 1. The van der Waals surface area contributed by atoms with E-state index in [-0.39, 0.29) is 12.2 Å². The molecule has 0 aliphatic carbocycles. The van der Waals surface area contributed by atoms with Crippen molar-refractivity contribution in [2.75, 3.05) is 6.54 Å². The predicted octanol–water partition coefficient (Wildman–Crippen LogP) is 1.40. The summed E-state index contributed by atoms with van der Waals surface area (Å²) in [5.74, 6) is 0. The molecule has 0 fully saturated rings. The van der Waals surface area contributed by atoms with Crippen molar-refractivity contribution >= 4 is 17.9 Å². The maximum absolute atomic E-state index is 11.1. The molecule has 0 unspecified atom stereocenters. The molecule has 0 N–H and O–H groups in total. The summed E-state index contributed by atoms with van der Waals surface area (Å²) in [4.78, 5) is 14.6. The molecule has 0 amide bonds. The highest BCUT2D eigenvalue weighted by atomic mass is 35.5. The van der Waals surface area contributed by atoms with E-state index in [2.05, 4.69) is 4.98 Å². The van der Waals surface area contributed by atoms with Gasteiger partial charge in [0.15, 0.2) is 6.29 Å². The number of hydrogen-bond acceptors (Lipinski definition) is 4. The summed E-state index contributed by atoms with van der Waals surface area (Å²) < 4.78 is 0. The van der Waals surface area contributed by atoms with Crippen LogP contribution in [0.15, 0.2) is 6.07 Å². The Kier molecular flexibility index (Phi) is 2.50. The number of carbonyl (C=O) groups is 1. The van der Waals surface area contributed by atoms with Gasteiger partial charge >= 0.3 is 0 Å². The second-order valence-corrected chi connectivity index (χ2v) is 3.59. The van der Waals surface area contributed by atoms with Crippen molar-refractivity contribution in [2.45, 2.75) is 13.0 Å². The van der Waals surface area contributed by atoms with E-state index in [4.69, 9.17) is 11.6 Å². The monoisotopic (exact) mass is 211 g/mol. The van der Waals surface area contributed by atoms with Crippen molar-refractivity contribution < 1.29 is 4.79 Å². The van der Waals surface area contributed by atoms with Crippen LogP contribution in [0.4, 0.5) is 0 Å². The highest BCUT2D eigenvalue weighted by molar-refractivity contribution is 6.31. The standard InChI is InChI=1S/C9H8ClN2O2/c10-8-3-6(5-13)11-9-4-12(14)2-1-7(8)9/h3,5H,1-2,4H2/q-1. The smallest absolute Gasteiger partial charge is 0.168 e. The molecule has 74 valence electrons. The molecule has 0 atom stereocenters. The van der Waals surface area contributed by atoms with Crippen molar-refractivity contribution in [1.29, 1.82) is 0 Å². The zero-order chi connectivity index (χ0) is 10.1. The van der Waals surface area contributed by atoms with Crippen LogP contribution in [0.5, 0.6) is 0 Å². The first-order valence-corrected chi connectivity index (χ1v) is 4.64. The first kappa shape index (κ1) is 9.58. The summed E-state index contributed by atoms with van der Waals surface area (Å²) in [6.07, 6.45) is 1.24. The normalized spacial score (nSPS) is 16.4. The third-order valence-corrected chi connectivity index (χ3v) is 2.57. The Morgan fingerprint density at radius 1 is 1.64 bits per heavy atom. The molecular weight excluding hydrogens is 204 g/mol. The quantitative estimate of drug-likeness (QED) is 0.659. The van der Waals surface area contributed by atoms with E-state index in [0.29, 0.717) is 30.0 Å². The van der Waals surface area contributed by atoms with E-state index >= 15 is 0 Å². The lowest BCUT2D eigenvalue weighted by Crippen LogP contribution is -2.26. The molecule has 1 aliphatic heterocycles. The van der Waals surface area contributed by atoms with E-state index in [0.717, 1.165) is 10.6 Å². The average Bonchev–Trinajstić information content (AvgIpc) is 2.16. The van der Waals surface area contributed by atoms with Crippen LogP contribution < -0.4 is 0 Å². The number of aromatic nitrogens is 1. The van der Waals surface area contributed by atoms with E-state index in [1.165, 1.54) is 6.07 Å². The van der Waals surface area contributed by atoms with Crippen molar-refractivity contribution in [3.05, 3.63) is 33.2 Å². The van der Waals surface area contributed by atoms with Gasteiger partial charge in [-0.25, -0.2) is 4.98 Å². The molecular formula is C9H8ClN2O2-. The van der Waals surface area contributed by atoms with Gasteiger partial charge in [0, 0.05) is 11.6 Å². The second-order valence-electron chi connectivity index (χ2n) is 3.19. The van der Waals surface area contributed by atoms with Gasteiger partial charge in [0.2, 0.25) is 0 Å². The van der Waals surface area contributed by atoms with Crippen molar-refractivity contribution in [3.8, 4) is 0 Å². The molecule has 0 spiro atoms. The van der Waals surface area contributed by atoms with Crippen LogP contribution in [0, 0.1) is 5.21 Å². The molecule has 14 heavy (non-hydrogen) atoms. The van der Waals surface area contributed by atoms with E-state index in [9.17, 15) is 10.0 Å². The fourth-order valence-electron chi connectivity index (χ4n) is 1.55. The van der Waals surface area contributed by atoms with Crippen molar-refractivity contribution in [3.63, 3.8) is 0 Å². The number of nitrogens with zero attached hydrogens (tertiary/aromatic N) is 2. The molecule has 2 heterocycles. The zero-order valence-electron chi connectivity index (χ0n) is 7.36. The van der Waals surface area contributed by atoms with Gasteiger partial charge in [0.05, 0.1) is 5.69 Å². The molecule has 0 aromatic carbocycles. The highest BCUT2D eigenvalue weighted by Crippen LogP contribution is 2.24. The van der Waals surface area contributed by atoms with Crippen molar-refractivity contribution in [2.24, 2.45) is 0 Å². The van der Waals surface area contributed by atoms with Crippen LogP contribution in [0.3, 0.4) is 0 Å². The number of fused-ring (bicyclic) bond motifs is 1. The zero-order valence-corrected chi connectivity index (χ0v) is 8.12. The van der Waals surface area contributed by atoms with Crippen LogP contribution in [-0.4, -0.2) is 22.9 Å². The lowest BCUT2D eigenvalue weighted by molar-refractivity contribution is 0.111. The van der Waals surface area contributed by atoms with Gasteiger partial charge in [-0.2, -0.15) is 0 Å². The molecule has 1 aromatic rings. The third-order valence-electron chi connectivity index (χ3n) is 2.23. The molecule has 0 saturated heterocycles. The summed E-state index contributed by atoms with van der Waals surface area (Å²) in [6.45, 7) is 0.658. The van der Waals surface area contributed by atoms with Crippen LogP contribution in [0.2, 0.25) is 5.02 Å². The summed E-state index contributed by atoms with van der Waals surface area (Å²) in [7, 11) is 0. The Balaban J connectivity index is 2.48. The van der Waals surface area contributed by atoms with E-state index in [1.54, 1.807) is 0 Å². The Bertz CT molecular complexity index is 381. The maximum atomic E-state index is 11.1. The molecule has 4 nitrogen and oxygen atoms in total. The molecule has 2 rings (SSSR count). The Morgan fingerprint density at radius 2 is 2.43 bits per heavy atom. The first-order valence-electron chi connectivity index (χ1n) is 4.26. The largest absolute Gasteiger partial charge is 0.785 e. The lowest BCUT2D eigenvalue weighted by atomic mass is 10.1. The van der Waals surface area contributed by atoms with Gasteiger partial charge in [-0.3, -0.25) is 4.79 Å². The number of pyridine rings is 1. The molecule has 0 radical (unpaired) electrons. The predicted molar refractivity (Wildman–Crippen MR) is 52.1 cm³/mol. The minimum atomic E-state index is 0.219. The van der Waals surface area contributed by atoms with E-state index < -0.39 is 0 Å². The van der Waals surface area contributed by atoms with Crippen molar-refractivity contribution in [1.82, 2.24) is 10.0 Å². The average molecular weight is 212 g/mol. The fraction of sp³-hybridized carbons (Fsp3) is 0.333. The Labute approximate surface area is 86.1 Å². The van der Waals surface area contributed by atoms with Crippen LogP contribution in [0.25, 0.3) is 0 Å². The van der Waals surface area contributed by atoms with Gasteiger partial charge in [0.25, 0.3) is 0 Å². The summed E-state index contributed by atoms with van der Waals surface area (Å²) in [5, 5.41) is 12.5. The van der Waals surface area contributed by atoms with Gasteiger partial charge in [0.1, 0.15) is 5.69 Å². The second kappa shape index (κ2) is 3.65. The summed E-state index contributed by atoms with van der Waals surface area (Å²) in [5.41, 5.74) is 1.80. The van der Waals surface area contributed by atoms with Crippen LogP contribution in [0.1, 0.15) is 21.7 Å². The van der Waals surface area contributed by atoms with E-state index in [1.807, 2.05) is 0 Å². The van der Waals surface area contributed by atoms with Gasteiger partial charge in [-0.15, -0.1) is 0 Å². The van der Waals surface area contributed by atoms with Gasteiger partial charge < -0.3 is 10.3 Å². The lowest BCUT2D eigenvalue weighted by Gasteiger charge is -2.33.